The molecule has 0 N–H and O–H groups in total. The fourth-order valence-electron chi connectivity index (χ4n) is 4.21. The minimum atomic E-state index is 0.166. The molecular formula is C40H48O12. The second-order valence-corrected chi connectivity index (χ2v) is 10.6. The molecule has 0 bridgehead atoms. The Balaban J connectivity index is 0.000000280. The molecule has 52 heavy (non-hydrogen) atoms. The molecule has 12 nitrogen and oxygen atoms in total. The molecule has 0 spiro atoms. The van der Waals surface area contributed by atoms with E-state index in [2.05, 4.69) is 0 Å². The number of ether oxygens (including phenoxy) is 12. The second-order valence-electron chi connectivity index (χ2n) is 10.6. The van der Waals surface area contributed by atoms with Gasteiger partial charge in [-0.25, -0.2) is 0 Å². The lowest BCUT2D eigenvalue weighted by Crippen LogP contribution is -2.02. The average Bonchev–Trinajstić information content (AvgIpc) is 3.18. The Bertz CT molecular complexity index is 1430. The predicted octanol–water partition coefficient (Wildman–Crippen LogP) is 7.61. The number of benzene rings is 4. The highest BCUT2D eigenvalue weighted by Gasteiger charge is 2.04. The van der Waals surface area contributed by atoms with Crippen LogP contribution >= 0.6 is 0 Å². The van der Waals surface area contributed by atoms with E-state index < -0.39 is 0 Å². The van der Waals surface area contributed by atoms with Gasteiger partial charge in [-0.2, -0.15) is 0 Å². The molecule has 0 amide bonds. The van der Waals surface area contributed by atoms with E-state index in [0.717, 1.165) is 33.8 Å². The molecule has 4 rings (SSSR count). The third kappa shape index (κ3) is 16.3. The normalized spacial score (nSPS) is 10.9. The quantitative estimate of drug-likeness (QED) is 0.0589. The molecule has 0 aliphatic rings. The number of methoxy groups -OCH3 is 6. The Morgan fingerprint density at radius 3 is 0.769 bits per heavy atom. The molecule has 0 saturated heterocycles. The highest BCUT2D eigenvalue weighted by atomic mass is 16.7. The average molecular weight is 721 g/mol. The Kier molecular flexibility index (Phi) is 19.8. The minimum Gasteiger partial charge on any atom is -0.468 e. The van der Waals surface area contributed by atoms with Gasteiger partial charge < -0.3 is 56.8 Å². The lowest BCUT2D eigenvalue weighted by Gasteiger charge is -2.10. The summed E-state index contributed by atoms with van der Waals surface area (Å²) in [4.78, 5) is 0. The van der Waals surface area contributed by atoms with Crippen molar-refractivity contribution in [1.82, 2.24) is 0 Å². The maximum Gasteiger partial charge on any atom is 0.188 e. The van der Waals surface area contributed by atoms with Gasteiger partial charge in [0, 0.05) is 54.8 Å². The SMILES string of the molecule is COCOc1ccc(/C=C/c2cc(OCOC)cc(OCOC)c2)cc1.COCOc1ccc(/C=C/c2cc(OCOC)cc(OCOC)c2)cc1. The largest absolute Gasteiger partial charge is 0.468 e. The Morgan fingerprint density at radius 1 is 0.288 bits per heavy atom. The van der Waals surface area contributed by atoms with Crippen LogP contribution in [0, 0.1) is 0 Å². The summed E-state index contributed by atoms with van der Waals surface area (Å²) in [6.07, 6.45) is 7.94. The van der Waals surface area contributed by atoms with Gasteiger partial charge >= 0.3 is 0 Å². The summed E-state index contributed by atoms with van der Waals surface area (Å²) in [7, 11) is 9.48. The highest BCUT2D eigenvalue weighted by molar-refractivity contribution is 5.72. The molecule has 0 aromatic heterocycles. The molecule has 0 heterocycles. The molecule has 0 aliphatic heterocycles. The van der Waals surface area contributed by atoms with E-state index in [1.54, 1.807) is 54.8 Å². The summed E-state index contributed by atoms with van der Waals surface area (Å²) >= 11 is 0. The molecule has 12 heteroatoms. The minimum absolute atomic E-state index is 0.166. The molecule has 0 saturated carbocycles. The third-order valence-corrected chi connectivity index (χ3v) is 6.56. The smallest absolute Gasteiger partial charge is 0.188 e. The van der Waals surface area contributed by atoms with E-state index >= 15 is 0 Å². The van der Waals surface area contributed by atoms with Gasteiger partial charge in [0.15, 0.2) is 40.8 Å². The van der Waals surface area contributed by atoms with Crippen LogP contribution in [0.3, 0.4) is 0 Å². The van der Waals surface area contributed by atoms with Crippen molar-refractivity contribution in [2.24, 2.45) is 0 Å². The maximum absolute atomic E-state index is 5.52. The maximum atomic E-state index is 5.52. The van der Waals surface area contributed by atoms with Crippen molar-refractivity contribution < 1.29 is 56.8 Å². The summed E-state index contributed by atoms with van der Waals surface area (Å²) in [6.45, 7) is 1.13. The van der Waals surface area contributed by atoms with Crippen molar-refractivity contribution in [3.8, 4) is 34.5 Å². The van der Waals surface area contributed by atoms with Gasteiger partial charge in [0.25, 0.3) is 0 Å². The van der Waals surface area contributed by atoms with Crippen LogP contribution in [-0.4, -0.2) is 83.4 Å². The van der Waals surface area contributed by atoms with Gasteiger partial charge in [-0.3, -0.25) is 0 Å². The van der Waals surface area contributed by atoms with E-state index in [9.17, 15) is 0 Å². The first kappa shape index (κ1) is 41.3. The zero-order valence-corrected chi connectivity index (χ0v) is 30.5. The Morgan fingerprint density at radius 2 is 0.519 bits per heavy atom. The zero-order valence-electron chi connectivity index (χ0n) is 30.5. The first-order chi connectivity index (χ1) is 25.5. The number of rotatable bonds is 22. The van der Waals surface area contributed by atoms with E-state index in [1.165, 1.54) is 0 Å². The lowest BCUT2D eigenvalue weighted by atomic mass is 10.1. The summed E-state index contributed by atoms with van der Waals surface area (Å²) < 4.78 is 62.4. The predicted molar refractivity (Wildman–Crippen MR) is 199 cm³/mol. The van der Waals surface area contributed by atoms with Crippen LogP contribution < -0.4 is 28.4 Å². The van der Waals surface area contributed by atoms with Crippen LogP contribution in [-0.2, 0) is 28.4 Å². The van der Waals surface area contributed by atoms with Gasteiger partial charge in [0.1, 0.15) is 34.5 Å². The summed E-state index contributed by atoms with van der Waals surface area (Å²) in [5, 5.41) is 0. The van der Waals surface area contributed by atoms with Crippen LogP contribution in [0.15, 0.2) is 84.9 Å². The molecule has 4 aromatic rings. The topological polar surface area (TPSA) is 111 Å². The molecule has 0 radical (unpaired) electrons. The first-order valence-electron chi connectivity index (χ1n) is 16.1. The van der Waals surface area contributed by atoms with Gasteiger partial charge in [-0.15, -0.1) is 0 Å². The van der Waals surface area contributed by atoms with Gasteiger partial charge in [-0.05, 0) is 70.8 Å². The fourth-order valence-corrected chi connectivity index (χ4v) is 4.21. The van der Waals surface area contributed by atoms with Crippen LogP contribution in [0.25, 0.3) is 24.3 Å². The zero-order chi connectivity index (χ0) is 37.2. The van der Waals surface area contributed by atoms with Crippen LogP contribution in [0.5, 0.6) is 34.5 Å². The fraction of sp³-hybridized carbons (Fsp3) is 0.300. The van der Waals surface area contributed by atoms with Crippen LogP contribution in [0.2, 0.25) is 0 Å². The van der Waals surface area contributed by atoms with Gasteiger partial charge in [0.2, 0.25) is 0 Å². The van der Waals surface area contributed by atoms with Crippen molar-refractivity contribution >= 4 is 24.3 Å². The van der Waals surface area contributed by atoms with Crippen LogP contribution in [0.4, 0.5) is 0 Å². The van der Waals surface area contributed by atoms with E-state index in [-0.39, 0.29) is 40.8 Å². The highest BCUT2D eigenvalue weighted by Crippen LogP contribution is 2.26. The van der Waals surface area contributed by atoms with Crippen LogP contribution in [0.1, 0.15) is 22.3 Å². The lowest BCUT2D eigenvalue weighted by molar-refractivity contribution is 0.0457. The second kappa shape index (κ2) is 25.0. The molecule has 4 aromatic carbocycles. The summed E-state index contributed by atoms with van der Waals surface area (Å²) in [5.41, 5.74) is 3.95. The molecule has 0 atom stereocenters. The van der Waals surface area contributed by atoms with E-state index in [0.29, 0.717) is 23.0 Å². The number of hydrogen-bond donors (Lipinski definition) is 0. The summed E-state index contributed by atoms with van der Waals surface area (Å²) in [6, 6.07) is 26.7. The Labute approximate surface area is 305 Å². The molecule has 0 aliphatic carbocycles. The standard InChI is InChI=1S/2C20H24O6/c2*1-21-13-24-18-8-6-16(7-9-18)4-5-17-10-19(25-14-22-2)12-20(11-17)26-15-23-3/h2*4-12H,13-15H2,1-3H3/b2*5-4+. The number of hydrogen-bond acceptors (Lipinski definition) is 12. The van der Waals surface area contributed by atoms with Gasteiger partial charge in [-0.1, -0.05) is 48.6 Å². The van der Waals surface area contributed by atoms with Gasteiger partial charge in [0.05, 0.1) is 0 Å². The third-order valence-electron chi connectivity index (χ3n) is 6.56. The molecule has 280 valence electrons. The molecule has 0 fully saturated rings. The Hall–Kier alpha value is -5.08. The van der Waals surface area contributed by atoms with Crippen molar-refractivity contribution in [3.63, 3.8) is 0 Å². The molecular weight excluding hydrogens is 672 g/mol. The van der Waals surface area contributed by atoms with E-state index in [1.807, 2.05) is 97.1 Å². The molecule has 0 unspecified atom stereocenters. The van der Waals surface area contributed by atoms with Crippen molar-refractivity contribution in [1.29, 1.82) is 0 Å². The first-order valence-corrected chi connectivity index (χ1v) is 16.1. The summed E-state index contributed by atoms with van der Waals surface area (Å²) in [5.74, 6) is 4.14. The van der Waals surface area contributed by atoms with Crippen molar-refractivity contribution in [2.75, 3.05) is 83.4 Å². The van der Waals surface area contributed by atoms with Crippen molar-refractivity contribution in [2.45, 2.75) is 0 Å². The monoisotopic (exact) mass is 720 g/mol. The van der Waals surface area contributed by atoms with E-state index in [4.69, 9.17) is 56.8 Å². The van der Waals surface area contributed by atoms with Crippen molar-refractivity contribution in [3.05, 3.63) is 107 Å².